The number of amides is 1. The number of carbonyl (C=O) groups is 2. The van der Waals surface area contributed by atoms with E-state index in [0.717, 1.165) is 0 Å². The average Bonchev–Trinajstić information content (AvgIpc) is 2.68. The third-order valence-electron chi connectivity index (χ3n) is 3.68. The smallest absolute Gasteiger partial charge is 0.273 e. The summed E-state index contributed by atoms with van der Waals surface area (Å²) >= 11 is 0. The number of anilines is 2. The lowest BCUT2D eigenvalue weighted by Crippen LogP contribution is -2.14. The van der Waals surface area contributed by atoms with E-state index in [-0.39, 0.29) is 22.8 Å². The Kier molecular flexibility index (Phi) is 6.44. The van der Waals surface area contributed by atoms with Crippen LogP contribution in [0.25, 0.3) is 0 Å². The van der Waals surface area contributed by atoms with E-state index in [1.807, 2.05) is 0 Å². The van der Waals surface area contributed by atoms with Crippen molar-refractivity contribution in [3.8, 4) is 11.8 Å². The van der Waals surface area contributed by atoms with Crippen molar-refractivity contribution >= 4 is 28.8 Å². The van der Waals surface area contributed by atoms with Gasteiger partial charge in [0.25, 0.3) is 11.6 Å². The minimum absolute atomic E-state index is 0.100. The normalized spacial score (nSPS) is 10.5. The Hall–Kier alpha value is -4.19. The second-order valence-corrected chi connectivity index (χ2v) is 5.54. The number of methoxy groups -OCH3 is 1. The standard InChI is InChI=1S/C19H16N4O5/c1-12(24)13-3-5-15(6-4-13)22-19(25)14(10-20)11-21-17-8-7-16(23(26)27)9-18(17)28-2/h3-9,11,21H,1-2H3,(H,22,25)/b14-11-. The van der Waals surface area contributed by atoms with Gasteiger partial charge in [-0.3, -0.25) is 19.7 Å². The van der Waals surface area contributed by atoms with Gasteiger partial charge >= 0.3 is 0 Å². The average molecular weight is 380 g/mol. The molecule has 2 N–H and O–H groups in total. The Balaban J connectivity index is 2.15. The van der Waals surface area contributed by atoms with Crippen molar-refractivity contribution < 1.29 is 19.2 Å². The van der Waals surface area contributed by atoms with Crippen molar-refractivity contribution in [2.45, 2.75) is 6.92 Å². The van der Waals surface area contributed by atoms with Gasteiger partial charge in [-0.15, -0.1) is 0 Å². The first kappa shape index (κ1) is 20.1. The molecule has 0 aliphatic carbocycles. The number of Topliss-reactive ketones (excluding diaryl/α,β-unsaturated/α-hetero) is 1. The fourth-order valence-corrected chi connectivity index (χ4v) is 2.20. The van der Waals surface area contributed by atoms with Gasteiger partial charge in [-0.2, -0.15) is 5.26 Å². The summed E-state index contributed by atoms with van der Waals surface area (Å²) in [6.45, 7) is 1.43. The summed E-state index contributed by atoms with van der Waals surface area (Å²) in [5.41, 5.74) is 0.888. The van der Waals surface area contributed by atoms with Gasteiger partial charge < -0.3 is 15.4 Å². The number of nitriles is 1. The minimum Gasteiger partial charge on any atom is -0.494 e. The zero-order chi connectivity index (χ0) is 20.7. The molecule has 9 heteroatoms. The number of rotatable bonds is 7. The Morgan fingerprint density at radius 3 is 2.43 bits per heavy atom. The van der Waals surface area contributed by atoms with Gasteiger partial charge in [0.1, 0.15) is 17.4 Å². The molecule has 28 heavy (non-hydrogen) atoms. The molecule has 2 aromatic carbocycles. The number of ether oxygens (including phenoxy) is 1. The highest BCUT2D eigenvalue weighted by Crippen LogP contribution is 2.29. The third kappa shape index (κ3) is 4.92. The maximum atomic E-state index is 12.3. The lowest BCUT2D eigenvalue weighted by molar-refractivity contribution is -0.384. The predicted molar refractivity (Wildman–Crippen MR) is 102 cm³/mol. The summed E-state index contributed by atoms with van der Waals surface area (Å²) in [7, 11) is 1.34. The molecule has 142 valence electrons. The van der Waals surface area contributed by atoms with Crippen molar-refractivity contribution in [2.75, 3.05) is 17.7 Å². The van der Waals surface area contributed by atoms with Gasteiger partial charge in [-0.05, 0) is 37.3 Å². The molecule has 0 heterocycles. The van der Waals surface area contributed by atoms with Crippen LogP contribution in [0, 0.1) is 21.4 Å². The van der Waals surface area contributed by atoms with Gasteiger partial charge in [0.2, 0.25) is 0 Å². The van der Waals surface area contributed by atoms with Gasteiger partial charge in [-0.25, -0.2) is 0 Å². The van der Waals surface area contributed by atoms with Crippen molar-refractivity contribution in [1.29, 1.82) is 5.26 Å². The molecule has 9 nitrogen and oxygen atoms in total. The fraction of sp³-hybridized carbons (Fsp3) is 0.105. The van der Waals surface area contributed by atoms with Crippen LogP contribution in [-0.2, 0) is 4.79 Å². The van der Waals surface area contributed by atoms with Crippen LogP contribution in [0.5, 0.6) is 5.75 Å². The highest BCUT2D eigenvalue weighted by atomic mass is 16.6. The highest BCUT2D eigenvalue weighted by Gasteiger charge is 2.13. The number of benzene rings is 2. The molecule has 0 aliphatic heterocycles. The molecule has 0 aliphatic rings. The number of hydrogen-bond acceptors (Lipinski definition) is 7. The van der Waals surface area contributed by atoms with Crippen LogP contribution in [0.3, 0.4) is 0 Å². The summed E-state index contributed by atoms with van der Waals surface area (Å²) in [6.07, 6.45) is 1.17. The minimum atomic E-state index is -0.661. The highest BCUT2D eigenvalue weighted by molar-refractivity contribution is 6.07. The molecule has 0 unspecified atom stereocenters. The second-order valence-electron chi connectivity index (χ2n) is 5.54. The zero-order valence-electron chi connectivity index (χ0n) is 15.1. The maximum absolute atomic E-state index is 12.3. The van der Waals surface area contributed by atoms with E-state index >= 15 is 0 Å². The summed E-state index contributed by atoms with van der Waals surface area (Å²) < 4.78 is 5.08. The zero-order valence-corrected chi connectivity index (χ0v) is 15.1. The molecule has 0 saturated heterocycles. The Morgan fingerprint density at radius 1 is 1.21 bits per heavy atom. The molecular weight excluding hydrogens is 364 g/mol. The van der Waals surface area contributed by atoms with E-state index in [2.05, 4.69) is 10.6 Å². The molecule has 0 aromatic heterocycles. The van der Waals surface area contributed by atoms with E-state index < -0.39 is 10.8 Å². The molecule has 0 atom stereocenters. The van der Waals surface area contributed by atoms with Crippen molar-refractivity contribution in [3.05, 3.63) is 69.9 Å². The summed E-state index contributed by atoms with van der Waals surface area (Å²) in [5.74, 6) is -0.578. The topological polar surface area (TPSA) is 134 Å². The SMILES string of the molecule is COc1cc([N+](=O)[O-])ccc1N/C=C(/C#N)C(=O)Nc1ccc(C(C)=O)cc1. The maximum Gasteiger partial charge on any atom is 0.273 e. The van der Waals surface area contributed by atoms with Crippen LogP contribution in [0.2, 0.25) is 0 Å². The molecule has 0 fully saturated rings. The molecule has 0 saturated carbocycles. The monoisotopic (exact) mass is 380 g/mol. The number of hydrogen-bond donors (Lipinski definition) is 2. The quantitative estimate of drug-likeness (QED) is 0.247. The van der Waals surface area contributed by atoms with Crippen molar-refractivity contribution in [3.63, 3.8) is 0 Å². The lowest BCUT2D eigenvalue weighted by atomic mass is 10.1. The van der Waals surface area contributed by atoms with Gasteiger partial charge in [-0.1, -0.05) is 0 Å². The van der Waals surface area contributed by atoms with E-state index in [9.17, 15) is 25.0 Å². The van der Waals surface area contributed by atoms with Crippen LogP contribution in [0.4, 0.5) is 17.1 Å². The molecule has 0 bridgehead atoms. The van der Waals surface area contributed by atoms with Crippen molar-refractivity contribution in [2.24, 2.45) is 0 Å². The number of nitrogens with one attached hydrogen (secondary N) is 2. The van der Waals surface area contributed by atoms with Crippen LogP contribution in [0.1, 0.15) is 17.3 Å². The number of nitro groups is 1. The van der Waals surface area contributed by atoms with Crippen LogP contribution in [0.15, 0.2) is 54.2 Å². The summed E-state index contributed by atoms with van der Waals surface area (Å²) in [5, 5.41) is 25.3. The Labute approximate surface area is 160 Å². The van der Waals surface area contributed by atoms with Gasteiger partial charge in [0.05, 0.1) is 23.8 Å². The van der Waals surface area contributed by atoms with Gasteiger partial charge in [0, 0.05) is 23.5 Å². The number of nitro benzene ring substituents is 1. The first-order valence-corrected chi connectivity index (χ1v) is 7.97. The van der Waals surface area contributed by atoms with E-state index in [4.69, 9.17) is 4.74 Å². The third-order valence-corrected chi connectivity index (χ3v) is 3.68. The number of carbonyl (C=O) groups excluding carboxylic acids is 2. The summed E-state index contributed by atoms with van der Waals surface area (Å²) in [6, 6.07) is 11.9. The first-order valence-electron chi connectivity index (χ1n) is 7.97. The second kappa shape index (κ2) is 8.95. The molecular formula is C19H16N4O5. The molecule has 2 aromatic rings. The molecule has 0 spiro atoms. The Morgan fingerprint density at radius 2 is 1.89 bits per heavy atom. The lowest BCUT2D eigenvalue weighted by Gasteiger charge is -2.09. The van der Waals surface area contributed by atoms with Crippen LogP contribution < -0.4 is 15.4 Å². The Bertz CT molecular complexity index is 990. The van der Waals surface area contributed by atoms with Crippen molar-refractivity contribution in [1.82, 2.24) is 0 Å². The van der Waals surface area contributed by atoms with E-state index in [1.165, 1.54) is 38.4 Å². The number of ketones is 1. The predicted octanol–water partition coefficient (Wildman–Crippen LogP) is 3.26. The fourth-order valence-electron chi connectivity index (χ4n) is 2.20. The van der Waals surface area contributed by atoms with Crippen LogP contribution >= 0.6 is 0 Å². The van der Waals surface area contributed by atoms with E-state index in [1.54, 1.807) is 30.3 Å². The number of non-ortho nitro benzene ring substituents is 1. The molecule has 1 amide bonds. The van der Waals surface area contributed by atoms with Crippen LogP contribution in [-0.4, -0.2) is 23.7 Å². The molecule has 0 radical (unpaired) electrons. The molecule has 2 rings (SSSR count). The number of nitrogens with zero attached hydrogens (tertiary/aromatic N) is 2. The largest absolute Gasteiger partial charge is 0.494 e. The first-order chi connectivity index (χ1) is 13.3. The van der Waals surface area contributed by atoms with Gasteiger partial charge in [0.15, 0.2) is 5.78 Å². The van der Waals surface area contributed by atoms with E-state index in [0.29, 0.717) is 16.9 Å². The summed E-state index contributed by atoms with van der Waals surface area (Å²) in [4.78, 5) is 33.8.